The molecule has 5 heteroatoms. The number of benzene rings is 1. The van der Waals surface area contributed by atoms with Crippen molar-refractivity contribution in [1.29, 1.82) is 0 Å². The second-order valence-corrected chi connectivity index (χ2v) is 7.60. The van der Waals surface area contributed by atoms with Gasteiger partial charge in [0, 0.05) is 31.7 Å². The molecule has 0 spiro atoms. The number of amides is 1. The van der Waals surface area contributed by atoms with Gasteiger partial charge in [0.1, 0.15) is 0 Å². The van der Waals surface area contributed by atoms with Gasteiger partial charge in [0.05, 0.1) is 12.1 Å². The lowest BCUT2D eigenvalue weighted by Crippen LogP contribution is -2.34. The van der Waals surface area contributed by atoms with E-state index in [0.717, 1.165) is 42.9 Å². The minimum atomic E-state index is -0.521. The molecule has 138 valence electrons. The molecule has 0 aromatic heterocycles. The summed E-state index contributed by atoms with van der Waals surface area (Å²) in [5, 5.41) is 19.0. The van der Waals surface area contributed by atoms with E-state index in [0.29, 0.717) is 12.8 Å². The van der Waals surface area contributed by atoms with E-state index in [1.807, 2.05) is 59.1 Å². The maximum Gasteiger partial charge on any atom is 0.223 e. The zero-order valence-corrected chi connectivity index (χ0v) is 15.5. The minimum absolute atomic E-state index is 0.107. The molecule has 2 atom stereocenters. The molecule has 4 nitrogen and oxygen atoms in total. The molecule has 0 radical (unpaired) electrons. The average Bonchev–Trinajstić information content (AvgIpc) is 2.97. The monoisotopic (exact) mass is 363 g/mol. The smallest absolute Gasteiger partial charge is 0.223 e. The molecule has 1 saturated heterocycles. The van der Waals surface area contributed by atoms with Gasteiger partial charge < -0.3 is 15.1 Å². The molecule has 1 amide bonds. The number of nitrogens with zero attached hydrogens (tertiary/aromatic N) is 1. The Labute approximate surface area is 154 Å². The van der Waals surface area contributed by atoms with Crippen LogP contribution in [-0.2, 0) is 11.2 Å². The van der Waals surface area contributed by atoms with Crippen molar-refractivity contribution in [1.82, 2.24) is 4.90 Å². The van der Waals surface area contributed by atoms with E-state index < -0.39 is 6.10 Å². The zero-order valence-electron chi connectivity index (χ0n) is 14.7. The lowest BCUT2D eigenvalue weighted by molar-refractivity contribution is -0.128. The predicted molar refractivity (Wildman–Crippen MR) is 104 cm³/mol. The molecule has 0 aliphatic carbocycles. The summed E-state index contributed by atoms with van der Waals surface area (Å²) in [5.41, 5.74) is 1.11. The first-order valence-corrected chi connectivity index (χ1v) is 10.2. The Bertz CT molecular complexity index is 535. The van der Waals surface area contributed by atoms with E-state index in [2.05, 4.69) is 0 Å². The van der Waals surface area contributed by atoms with Crippen molar-refractivity contribution >= 4 is 17.7 Å². The maximum atomic E-state index is 12.1. The number of aliphatic hydroxyl groups is 2. The Hall–Kier alpha value is -1.30. The van der Waals surface area contributed by atoms with E-state index >= 15 is 0 Å². The summed E-state index contributed by atoms with van der Waals surface area (Å²) >= 11 is 1.83. The molecule has 1 aliphatic heterocycles. The quantitative estimate of drug-likeness (QED) is 0.469. The van der Waals surface area contributed by atoms with Crippen molar-refractivity contribution in [2.24, 2.45) is 0 Å². The number of thioether (sulfide) groups is 1. The first kappa shape index (κ1) is 20.0. The van der Waals surface area contributed by atoms with E-state index in [1.54, 1.807) is 0 Å². The van der Waals surface area contributed by atoms with E-state index in [1.165, 1.54) is 0 Å². The van der Waals surface area contributed by atoms with Gasteiger partial charge in [0.25, 0.3) is 0 Å². The molecule has 0 saturated carbocycles. The van der Waals surface area contributed by atoms with Crippen LogP contribution < -0.4 is 0 Å². The van der Waals surface area contributed by atoms with Crippen LogP contribution in [0.4, 0.5) is 0 Å². The number of aliphatic hydroxyl groups excluding tert-OH is 2. The largest absolute Gasteiger partial charge is 0.396 e. The molecule has 1 aromatic rings. The van der Waals surface area contributed by atoms with Crippen molar-refractivity contribution in [3.8, 4) is 0 Å². The summed E-state index contributed by atoms with van der Waals surface area (Å²) in [4.78, 5) is 14.0. The molecular formula is C20H29NO3S. The number of likely N-dealkylation sites (tertiary alicyclic amines) is 1. The SMILES string of the molecule is O=C1CC[C@H](C=C[C@@H](O)Cc2ccccc2)N1CCSCCCCO. The Morgan fingerprint density at radius 1 is 1.24 bits per heavy atom. The van der Waals surface area contributed by atoms with Gasteiger partial charge >= 0.3 is 0 Å². The number of carbonyl (C=O) groups excluding carboxylic acids is 1. The fraction of sp³-hybridized carbons (Fsp3) is 0.550. The average molecular weight is 364 g/mol. The van der Waals surface area contributed by atoms with E-state index in [-0.39, 0.29) is 18.6 Å². The summed E-state index contributed by atoms with van der Waals surface area (Å²) in [5.74, 6) is 2.16. The first-order chi connectivity index (χ1) is 12.2. The highest BCUT2D eigenvalue weighted by atomic mass is 32.2. The molecule has 25 heavy (non-hydrogen) atoms. The molecule has 1 heterocycles. The first-order valence-electron chi connectivity index (χ1n) is 9.09. The van der Waals surface area contributed by atoms with Crippen LogP contribution in [0.1, 0.15) is 31.2 Å². The van der Waals surface area contributed by atoms with Gasteiger partial charge in [-0.15, -0.1) is 0 Å². The molecule has 1 aliphatic rings. The van der Waals surface area contributed by atoms with E-state index in [9.17, 15) is 9.90 Å². The topological polar surface area (TPSA) is 60.8 Å². The molecule has 2 N–H and O–H groups in total. The second kappa shape index (κ2) is 11.3. The van der Waals surface area contributed by atoms with E-state index in [4.69, 9.17) is 5.11 Å². The van der Waals surface area contributed by atoms with Gasteiger partial charge in [-0.2, -0.15) is 11.8 Å². The van der Waals surface area contributed by atoms with Crippen LogP contribution >= 0.6 is 11.8 Å². The lowest BCUT2D eigenvalue weighted by atomic mass is 10.1. The van der Waals surface area contributed by atoms with Crippen molar-refractivity contribution in [2.45, 2.75) is 44.2 Å². The third kappa shape index (κ3) is 7.22. The predicted octanol–water partition coefficient (Wildman–Crippen LogP) is 2.64. The van der Waals surface area contributed by atoms with Crippen molar-refractivity contribution in [3.63, 3.8) is 0 Å². The summed E-state index contributed by atoms with van der Waals surface area (Å²) < 4.78 is 0. The van der Waals surface area contributed by atoms with Gasteiger partial charge in [-0.1, -0.05) is 42.5 Å². The van der Waals surface area contributed by atoms with Crippen LogP contribution in [0.15, 0.2) is 42.5 Å². The van der Waals surface area contributed by atoms with Crippen molar-refractivity contribution in [3.05, 3.63) is 48.0 Å². The van der Waals surface area contributed by atoms with Crippen molar-refractivity contribution in [2.75, 3.05) is 24.7 Å². The lowest BCUT2D eigenvalue weighted by Gasteiger charge is -2.22. The third-order valence-corrected chi connectivity index (χ3v) is 5.44. The molecule has 1 aromatic carbocycles. The summed E-state index contributed by atoms with van der Waals surface area (Å²) in [6.07, 6.45) is 7.20. The van der Waals surface area contributed by atoms with Gasteiger partial charge in [-0.3, -0.25) is 4.79 Å². The van der Waals surface area contributed by atoms with Crippen LogP contribution in [0.2, 0.25) is 0 Å². The Balaban J connectivity index is 1.75. The van der Waals surface area contributed by atoms with Gasteiger partial charge in [-0.25, -0.2) is 0 Å². The summed E-state index contributed by atoms with van der Waals surface area (Å²) in [6.45, 7) is 1.01. The van der Waals surface area contributed by atoms with Crippen LogP contribution in [0.25, 0.3) is 0 Å². The Kier molecular flexibility index (Phi) is 9.08. The molecule has 2 rings (SSSR count). The normalized spacial score (nSPS) is 19.0. The highest BCUT2D eigenvalue weighted by Gasteiger charge is 2.28. The van der Waals surface area contributed by atoms with Crippen LogP contribution in [0, 0.1) is 0 Å². The molecule has 0 unspecified atom stereocenters. The highest BCUT2D eigenvalue weighted by Crippen LogP contribution is 2.21. The third-order valence-electron chi connectivity index (χ3n) is 4.39. The van der Waals surface area contributed by atoms with Gasteiger partial charge in [0.2, 0.25) is 5.91 Å². The number of unbranched alkanes of at least 4 members (excludes halogenated alkanes) is 1. The zero-order chi connectivity index (χ0) is 17.9. The van der Waals surface area contributed by atoms with Crippen LogP contribution in [0.3, 0.4) is 0 Å². The van der Waals surface area contributed by atoms with Crippen LogP contribution in [0.5, 0.6) is 0 Å². The fourth-order valence-corrected chi connectivity index (χ4v) is 3.95. The number of rotatable bonds is 11. The highest BCUT2D eigenvalue weighted by molar-refractivity contribution is 7.99. The standard InChI is InChI=1S/C20H29NO3S/c22-13-4-5-14-25-15-12-21-18(9-11-20(21)24)8-10-19(23)16-17-6-2-1-3-7-17/h1-3,6-8,10,18-19,22-23H,4-5,9,11-16H2/t18-,19+/m0/s1. The second-order valence-electron chi connectivity index (χ2n) is 6.38. The summed E-state index contributed by atoms with van der Waals surface area (Å²) in [7, 11) is 0. The molecule has 1 fully saturated rings. The molecule has 0 bridgehead atoms. The summed E-state index contributed by atoms with van der Waals surface area (Å²) in [6, 6.07) is 10.0. The Morgan fingerprint density at radius 2 is 2.04 bits per heavy atom. The minimum Gasteiger partial charge on any atom is -0.396 e. The number of hydrogen-bond donors (Lipinski definition) is 2. The molecular weight excluding hydrogens is 334 g/mol. The van der Waals surface area contributed by atoms with Crippen molar-refractivity contribution < 1.29 is 15.0 Å². The number of carbonyl (C=O) groups is 1. The van der Waals surface area contributed by atoms with Gasteiger partial charge in [-0.05, 0) is 30.6 Å². The van der Waals surface area contributed by atoms with Gasteiger partial charge in [0.15, 0.2) is 0 Å². The Morgan fingerprint density at radius 3 is 2.80 bits per heavy atom. The van der Waals surface area contributed by atoms with Crippen LogP contribution in [-0.4, -0.2) is 57.8 Å². The number of hydrogen-bond acceptors (Lipinski definition) is 4. The fourth-order valence-electron chi connectivity index (χ4n) is 3.01. The maximum absolute atomic E-state index is 12.1.